The Kier molecular flexibility index (Phi) is 5.53. The maximum absolute atomic E-state index is 13.2. The van der Waals surface area contributed by atoms with Crippen molar-refractivity contribution in [1.82, 2.24) is 19.1 Å². The van der Waals surface area contributed by atoms with Crippen LogP contribution in [0.4, 0.5) is 11.6 Å². The Hall–Kier alpha value is -4.10. The van der Waals surface area contributed by atoms with E-state index in [0.717, 1.165) is 16.7 Å². The largest absolute Gasteiger partial charge is 0.394 e. The van der Waals surface area contributed by atoms with Gasteiger partial charge in [-0.3, -0.25) is 18.7 Å². The van der Waals surface area contributed by atoms with Gasteiger partial charge in [-0.15, -0.1) is 0 Å². The lowest BCUT2D eigenvalue weighted by Gasteiger charge is -2.20. The number of aliphatic hydroxyl groups is 3. The number of anilines is 2. The molecule has 1 fully saturated rings. The van der Waals surface area contributed by atoms with E-state index in [2.05, 4.69) is 27.4 Å². The highest BCUT2D eigenvalue weighted by molar-refractivity contribution is 5.95. The number of nitrogen functional groups attached to an aromatic ring is 1. The summed E-state index contributed by atoms with van der Waals surface area (Å²) in [6.45, 7) is -0.835. The summed E-state index contributed by atoms with van der Waals surface area (Å²) in [5.74, 6) is -0.649. The molecule has 3 heterocycles. The highest BCUT2D eigenvalue weighted by Gasteiger charge is 2.44. The summed E-state index contributed by atoms with van der Waals surface area (Å²) in [5, 5.41) is 33.1. The molecule has 190 valence electrons. The van der Waals surface area contributed by atoms with Crippen LogP contribution >= 0.6 is 0 Å². The van der Waals surface area contributed by atoms with Crippen molar-refractivity contribution in [3.8, 4) is 11.1 Å². The van der Waals surface area contributed by atoms with Crippen LogP contribution < -0.4 is 16.6 Å². The van der Waals surface area contributed by atoms with Crippen molar-refractivity contribution in [3.05, 3.63) is 70.3 Å². The van der Waals surface area contributed by atoms with Crippen LogP contribution in [0.1, 0.15) is 17.4 Å². The predicted octanol–water partition coefficient (Wildman–Crippen LogP) is -0.00340. The van der Waals surface area contributed by atoms with Crippen LogP contribution in [0.2, 0.25) is 0 Å². The van der Waals surface area contributed by atoms with Gasteiger partial charge in [-0.1, -0.05) is 36.4 Å². The van der Waals surface area contributed by atoms with Crippen molar-refractivity contribution in [3.63, 3.8) is 0 Å². The van der Waals surface area contributed by atoms with Gasteiger partial charge >= 0.3 is 5.56 Å². The van der Waals surface area contributed by atoms with Crippen LogP contribution in [-0.2, 0) is 22.5 Å². The first-order chi connectivity index (χ1) is 17.9. The third-order valence-electron chi connectivity index (χ3n) is 6.94. The molecule has 4 unspecified atom stereocenters. The number of nitrogens with one attached hydrogen (secondary N) is 1. The molecule has 6 N–H and O–H groups in total. The Morgan fingerprint density at radius 1 is 1.14 bits per heavy atom. The molecule has 6 rings (SSSR count). The van der Waals surface area contributed by atoms with Crippen molar-refractivity contribution >= 4 is 28.7 Å². The first-order valence-electron chi connectivity index (χ1n) is 11.7. The number of nitrogens with two attached hydrogens (primary N) is 1. The lowest BCUT2D eigenvalue weighted by atomic mass is 10.0. The third kappa shape index (κ3) is 3.69. The fourth-order valence-corrected chi connectivity index (χ4v) is 5.16. The number of carbonyl (C=O) groups excluding carboxylic acids is 1. The average Bonchev–Trinajstić information content (AvgIpc) is 3.57. The number of hydrogen-bond donors (Lipinski definition) is 5. The molecule has 1 amide bonds. The fraction of sp³-hybridized carbons (Fsp3) is 0.280. The average molecular weight is 505 g/mol. The van der Waals surface area contributed by atoms with E-state index in [1.165, 1.54) is 21.0 Å². The quantitative estimate of drug-likeness (QED) is 0.220. The van der Waals surface area contributed by atoms with E-state index >= 15 is 0 Å². The van der Waals surface area contributed by atoms with Gasteiger partial charge in [0.1, 0.15) is 24.9 Å². The van der Waals surface area contributed by atoms with Gasteiger partial charge in [-0.2, -0.15) is 4.98 Å². The predicted molar refractivity (Wildman–Crippen MR) is 133 cm³/mol. The second-order valence-corrected chi connectivity index (χ2v) is 9.13. The van der Waals surface area contributed by atoms with Gasteiger partial charge < -0.3 is 31.1 Å². The number of rotatable bonds is 5. The topological polar surface area (TPSA) is 178 Å². The smallest absolute Gasteiger partial charge is 0.302 e. The van der Waals surface area contributed by atoms with Gasteiger partial charge in [-0.25, -0.2) is 4.98 Å². The highest BCUT2D eigenvalue weighted by Crippen LogP contribution is 2.40. The van der Waals surface area contributed by atoms with Gasteiger partial charge in [0.15, 0.2) is 17.4 Å². The second-order valence-electron chi connectivity index (χ2n) is 9.13. The number of amides is 1. The minimum atomic E-state index is -1.42. The van der Waals surface area contributed by atoms with Crippen molar-refractivity contribution < 1.29 is 24.9 Å². The molecule has 0 saturated carbocycles. The summed E-state index contributed by atoms with van der Waals surface area (Å²) in [6, 6.07) is 13.8. The van der Waals surface area contributed by atoms with Crippen molar-refractivity contribution in [2.75, 3.05) is 17.7 Å². The van der Waals surface area contributed by atoms with Gasteiger partial charge in [0, 0.05) is 12.1 Å². The number of aliphatic hydroxyl groups excluding tert-OH is 3. The van der Waals surface area contributed by atoms with Crippen LogP contribution in [0.15, 0.2) is 53.6 Å². The maximum atomic E-state index is 13.2. The Labute approximate surface area is 209 Å². The number of fused-ring (bicyclic) bond motifs is 4. The van der Waals surface area contributed by atoms with E-state index < -0.39 is 42.6 Å². The molecule has 37 heavy (non-hydrogen) atoms. The maximum Gasteiger partial charge on any atom is 0.302 e. The zero-order chi connectivity index (χ0) is 25.8. The number of hydrogen-bond acceptors (Lipinski definition) is 9. The zero-order valence-corrected chi connectivity index (χ0v) is 19.5. The number of benzene rings is 2. The van der Waals surface area contributed by atoms with Gasteiger partial charge in [0.2, 0.25) is 11.9 Å². The molecule has 1 aliphatic heterocycles. The third-order valence-corrected chi connectivity index (χ3v) is 6.94. The van der Waals surface area contributed by atoms with Crippen LogP contribution in [0.25, 0.3) is 22.3 Å². The number of imidazole rings is 1. The molecule has 0 spiro atoms. The van der Waals surface area contributed by atoms with E-state index in [1.54, 1.807) is 0 Å². The Bertz CT molecular complexity index is 1600. The van der Waals surface area contributed by atoms with Gasteiger partial charge in [0.05, 0.1) is 12.9 Å². The van der Waals surface area contributed by atoms with E-state index in [-0.39, 0.29) is 23.7 Å². The lowest BCUT2D eigenvalue weighted by Crippen LogP contribution is -2.33. The molecular formula is C25H24N6O6. The molecule has 4 atom stereocenters. The van der Waals surface area contributed by atoms with Crippen molar-refractivity contribution in [1.29, 1.82) is 0 Å². The van der Waals surface area contributed by atoms with E-state index in [9.17, 15) is 24.9 Å². The lowest BCUT2D eigenvalue weighted by molar-refractivity contribution is -0.116. The summed E-state index contributed by atoms with van der Waals surface area (Å²) in [6.07, 6.45) is -3.07. The molecular weight excluding hydrogens is 480 g/mol. The molecule has 12 heteroatoms. The zero-order valence-electron chi connectivity index (χ0n) is 19.5. The Balaban J connectivity index is 1.34. The minimum Gasteiger partial charge on any atom is -0.394 e. The van der Waals surface area contributed by atoms with E-state index in [4.69, 9.17) is 10.5 Å². The van der Waals surface area contributed by atoms with E-state index in [1.807, 2.05) is 30.3 Å². The van der Waals surface area contributed by atoms with Crippen molar-refractivity contribution in [2.45, 2.75) is 37.5 Å². The van der Waals surface area contributed by atoms with Gasteiger partial charge in [-0.05, 0) is 28.3 Å². The molecule has 12 nitrogen and oxygen atoms in total. The SMILES string of the molecule is Nc1nc(=O)c2ncn(C3OC(CO)C(O)C3O)c2n1CC(=O)Nc1cccc2c1Cc1ccccc1-2. The first-order valence-corrected chi connectivity index (χ1v) is 11.7. The Morgan fingerprint density at radius 2 is 1.92 bits per heavy atom. The van der Waals surface area contributed by atoms with Crippen LogP contribution in [0.5, 0.6) is 0 Å². The minimum absolute atomic E-state index is 0.0872. The number of nitrogens with zero attached hydrogens (tertiary/aromatic N) is 4. The normalized spacial score (nSPS) is 22.2. The number of carbonyl (C=O) groups is 1. The number of aromatic nitrogens is 4. The van der Waals surface area contributed by atoms with E-state index in [0.29, 0.717) is 12.1 Å². The first kappa shape index (κ1) is 23.3. The second kappa shape index (κ2) is 8.78. The molecule has 4 aromatic rings. The standard InChI is InChI=1S/C25H24N6O6/c26-25-29-22(36)19-23(31(11-27-19)24-21(35)20(34)17(10-32)37-24)30(25)9-18(33)28-16-7-3-6-14-13-5-2-1-4-12(13)8-15(14)16/h1-7,11,17,20-21,24,32,34-35H,8-10H2,(H,28,33)(H2,26,29,36). The van der Waals surface area contributed by atoms with Gasteiger partial charge in [0.25, 0.3) is 0 Å². The molecule has 2 aromatic carbocycles. The molecule has 0 bridgehead atoms. The summed E-state index contributed by atoms with van der Waals surface area (Å²) < 4.78 is 8.21. The van der Waals surface area contributed by atoms with Crippen LogP contribution in [0, 0.1) is 0 Å². The fourth-order valence-electron chi connectivity index (χ4n) is 5.16. The molecule has 2 aromatic heterocycles. The van der Waals surface area contributed by atoms with Crippen molar-refractivity contribution in [2.24, 2.45) is 0 Å². The van der Waals surface area contributed by atoms with Crippen LogP contribution in [-0.4, -0.2) is 65.2 Å². The molecule has 2 aliphatic rings. The number of ether oxygens (including phenoxy) is 1. The molecule has 0 radical (unpaired) electrons. The highest BCUT2D eigenvalue weighted by atomic mass is 16.6. The summed E-state index contributed by atoms with van der Waals surface area (Å²) >= 11 is 0. The summed E-state index contributed by atoms with van der Waals surface area (Å²) in [4.78, 5) is 33.6. The molecule has 1 saturated heterocycles. The Morgan fingerprint density at radius 3 is 2.70 bits per heavy atom. The monoisotopic (exact) mass is 504 g/mol. The molecule has 1 aliphatic carbocycles. The van der Waals surface area contributed by atoms with Crippen LogP contribution in [0.3, 0.4) is 0 Å². The summed E-state index contributed by atoms with van der Waals surface area (Å²) in [7, 11) is 0. The summed E-state index contributed by atoms with van der Waals surface area (Å²) in [5.41, 5.74) is 10.4.